The first-order chi connectivity index (χ1) is 11.6. The van der Waals surface area contributed by atoms with Gasteiger partial charge < -0.3 is 15.7 Å². The molecule has 2 aromatic carbocycles. The van der Waals surface area contributed by atoms with Gasteiger partial charge in [-0.3, -0.25) is 0 Å². The van der Waals surface area contributed by atoms with Gasteiger partial charge in [0.2, 0.25) is 0 Å². The molecule has 128 valence electrons. The minimum atomic E-state index is -0.636. The number of halogens is 1. The van der Waals surface area contributed by atoms with Crippen molar-refractivity contribution in [2.75, 3.05) is 13.1 Å². The zero-order chi connectivity index (χ0) is 17.4. The van der Waals surface area contributed by atoms with Crippen LogP contribution in [0.1, 0.15) is 29.7 Å². The van der Waals surface area contributed by atoms with E-state index in [9.17, 15) is 9.50 Å². The second-order valence-electron chi connectivity index (χ2n) is 5.59. The van der Waals surface area contributed by atoms with Crippen molar-refractivity contribution in [1.82, 2.24) is 10.6 Å². The summed E-state index contributed by atoms with van der Waals surface area (Å²) in [5.41, 5.74) is 2.53. The second kappa shape index (κ2) is 9.03. The molecule has 0 radical (unpaired) electrons. The van der Waals surface area contributed by atoms with Gasteiger partial charge in [-0.25, -0.2) is 9.38 Å². The van der Waals surface area contributed by atoms with Crippen LogP contribution in [0.4, 0.5) is 4.39 Å². The minimum absolute atomic E-state index is 0.239. The molecule has 0 saturated heterocycles. The maximum atomic E-state index is 13.6. The van der Waals surface area contributed by atoms with Crippen molar-refractivity contribution >= 4 is 5.96 Å². The maximum absolute atomic E-state index is 13.6. The van der Waals surface area contributed by atoms with Gasteiger partial charge >= 0.3 is 0 Å². The molecule has 0 aliphatic heterocycles. The smallest absolute Gasteiger partial charge is 0.191 e. The minimum Gasteiger partial charge on any atom is -0.387 e. The van der Waals surface area contributed by atoms with Crippen LogP contribution in [0.2, 0.25) is 0 Å². The van der Waals surface area contributed by atoms with Gasteiger partial charge in [0.25, 0.3) is 0 Å². The Kier molecular flexibility index (Phi) is 6.75. The summed E-state index contributed by atoms with van der Waals surface area (Å²) in [5, 5.41) is 16.4. The van der Waals surface area contributed by atoms with Gasteiger partial charge in [-0.15, -0.1) is 0 Å². The Morgan fingerprint density at radius 2 is 1.83 bits per heavy atom. The molecule has 1 unspecified atom stereocenters. The fraction of sp³-hybridized carbons (Fsp3) is 0.316. The maximum Gasteiger partial charge on any atom is 0.191 e. The normalized spacial score (nSPS) is 12.8. The van der Waals surface area contributed by atoms with E-state index in [2.05, 4.69) is 15.6 Å². The van der Waals surface area contributed by atoms with Crippen LogP contribution in [0.25, 0.3) is 0 Å². The molecule has 5 heteroatoms. The molecule has 0 bridgehead atoms. The molecular weight excluding hydrogens is 305 g/mol. The van der Waals surface area contributed by atoms with E-state index in [4.69, 9.17) is 0 Å². The summed E-state index contributed by atoms with van der Waals surface area (Å²) in [7, 11) is 0. The Hall–Kier alpha value is -2.40. The predicted octanol–water partition coefficient (Wildman–Crippen LogP) is 2.92. The molecule has 2 rings (SSSR count). The number of hydrogen-bond acceptors (Lipinski definition) is 2. The average molecular weight is 329 g/mol. The highest BCUT2D eigenvalue weighted by molar-refractivity contribution is 5.79. The summed E-state index contributed by atoms with van der Waals surface area (Å²) in [5.74, 6) is 0.281. The topological polar surface area (TPSA) is 56.7 Å². The fourth-order valence-corrected chi connectivity index (χ4v) is 2.23. The number of aliphatic imine (C=N–C) groups is 1. The number of guanidine groups is 1. The van der Waals surface area contributed by atoms with E-state index in [1.54, 1.807) is 18.2 Å². The standard InChI is InChI=1S/C19H24FN3O/c1-3-21-19(22-12-16-6-4-5-7-17(16)20)23-13-18(24)15-10-8-14(2)9-11-15/h4-11,18,24H,3,12-13H2,1-2H3,(H2,21,22,23). The number of nitrogens with zero attached hydrogens (tertiary/aromatic N) is 1. The molecule has 0 saturated carbocycles. The molecule has 0 aliphatic rings. The third-order valence-electron chi connectivity index (χ3n) is 3.63. The number of nitrogens with one attached hydrogen (secondary N) is 2. The van der Waals surface area contributed by atoms with Crippen molar-refractivity contribution in [3.05, 3.63) is 71.0 Å². The van der Waals surface area contributed by atoms with Crippen LogP contribution in [0.3, 0.4) is 0 Å². The molecule has 0 amide bonds. The number of aliphatic hydroxyl groups is 1. The highest BCUT2D eigenvalue weighted by Gasteiger charge is 2.08. The summed E-state index contributed by atoms with van der Waals surface area (Å²) < 4.78 is 13.6. The predicted molar refractivity (Wildman–Crippen MR) is 95.4 cm³/mol. The molecule has 0 heterocycles. The summed E-state index contributed by atoms with van der Waals surface area (Å²) in [6, 6.07) is 14.3. The first-order valence-electron chi connectivity index (χ1n) is 8.10. The largest absolute Gasteiger partial charge is 0.387 e. The first-order valence-corrected chi connectivity index (χ1v) is 8.10. The summed E-state index contributed by atoms with van der Waals surface area (Å²) in [6.07, 6.45) is -0.636. The molecular formula is C19H24FN3O. The quantitative estimate of drug-likeness (QED) is 0.564. The molecule has 0 spiro atoms. The van der Waals surface area contributed by atoms with Crippen LogP contribution in [0, 0.1) is 12.7 Å². The Bertz CT molecular complexity index is 671. The van der Waals surface area contributed by atoms with Crippen LogP contribution in [-0.2, 0) is 6.54 Å². The first kappa shape index (κ1) is 17.9. The van der Waals surface area contributed by atoms with Crippen LogP contribution in [0.5, 0.6) is 0 Å². The lowest BCUT2D eigenvalue weighted by atomic mass is 10.1. The van der Waals surface area contributed by atoms with Crippen molar-refractivity contribution in [2.24, 2.45) is 4.99 Å². The van der Waals surface area contributed by atoms with E-state index in [-0.39, 0.29) is 12.4 Å². The van der Waals surface area contributed by atoms with E-state index in [0.717, 1.165) is 11.1 Å². The van der Waals surface area contributed by atoms with Gasteiger partial charge in [-0.05, 0) is 25.5 Å². The summed E-state index contributed by atoms with van der Waals surface area (Å²) in [6.45, 7) is 5.21. The van der Waals surface area contributed by atoms with Gasteiger partial charge in [0.1, 0.15) is 5.82 Å². The van der Waals surface area contributed by atoms with Gasteiger partial charge in [0.15, 0.2) is 5.96 Å². The molecule has 0 aromatic heterocycles. The molecule has 3 N–H and O–H groups in total. The van der Waals surface area contributed by atoms with E-state index >= 15 is 0 Å². The highest BCUT2D eigenvalue weighted by atomic mass is 19.1. The molecule has 0 aliphatic carbocycles. The van der Waals surface area contributed by atoms with Crippen molar-refractivity contribution < 1.29 is 9.50 Å². The van der Waals surface area contributed by atoms with Crippen molar-refractivity contribution in [3.8, 4) is 0 Å². The molecule has 2 aromatic rings. The molecule has 0 fully saturated rings. The number of aryl methyl sites for hydroxylation is 1. The summed E-state index contributed by atoms with van der Waals surface area (Å²) in [4.78, 5) is 4.37. The van der Waals surface area contributed by atoms with Crippen molar-refractivity contribution in [2.45, 2.75) is 26.5 Å². The van der Waals surface area contributed by atoms with Crippen molar-refractivity contribution in [3.63, 3.8) is 0 Å². The monoisotopic (exact) mass is 329 g/mol. The number of benzene rings is 2. The van der Waals surface area contributed by atoms with Gasteiger partial charge in [-0.1, -0.05) is 48.0 Å². The van der Waals surface area contributed by atoms with Crippen LogP contribution < -0.4 is 10.6 Å². The van der Waals surface area contributed by atoms with Gasteiger partial charge in [0.05, 0.1) is 12.6 Å². The number of rotatable bonds is 6. The van der Waals surface area contributed by atoms with E-state index in [0.29, 0.717) is 24.6 Å². The zero-order valence-corrected chi connectivity index (χ0v) is 14.1. The summed E-state index contributed by atoms with van der Waals surface area (Å²) >= 11 is 0. The fourth-order valence-electron chi connectivity index (χ4n) is 2.23. The zero-order valence-electron chi connectivity index (χ0n) is 14.1. The SMILES string of the molecule is CCNC(=NCc1ccccc1F)NCC(O)c1ccc(C)cc1. The lowest BCUT2D eigenvalue weighted by Crippen LogP contribution is -2.39. The average Bonchev–Trinajstić information content (AvgIpc) is 2.59. The number of aliphatic hydroxyl groups excluding tert-OH is 1. The Balaban J connectivity index is 1.96. The lowest BCUT2D eigenvalue weighted by molar-refractivity contribution is 0.181. The lowest BCUT2D eigenvalue weighted by Gasteiger charge is -2.16. The van der Waals surface area contributed by atoms with E-state index in [1.807, 2.05) is 38.1 Å². The van der Waals surface area contributed by atoms with E-state index < -0.39 is 6.10 Å². The van der Waals surface area contributed by atoms with Crippen molar-refractivity contribution in [1.29, 1.82) is 0 Å². The van der Waals surface area contributed by atoms with Crippen LogP contribution in [-0.4, -0.2) is 24.2 Å². The molecule has 4 nitrogen and oxygen atoms in total. The van der Waals surface area contributed by atoms with Crippen LogP contribution in [0.15, 0.2) is 53.5 Å². The number of hydrogen-bond donors (Lipinski definition) is 3. The van der Waals surface area contributed by atoms with Gasteiger partial charge in [-0.2, -0.15) is 0 Å². The Morgan fingerprint density at radius 1 is 1.12 bits per heavy atom. The second-order valence-corrected chi connectivity index (χ2v) is 5.59. The third-order valence-corrected chi connectivity index (χ3v) is 3.63. The molecule has 24 heavy (non-hydrogen) atoms. The Labute approximate surface area is 142 Å². The highest BCUT2D eigenvalue weighted by Crippen LogP contribution is 2.12. The third kappa shape index (κ3) is 5.35. The van der Waals surface area contributed by atoms with Gasteiger partial charge in [0, 0.05) is 18.7 Å². The van der Waals surface area contributed by atoms with E-state index in [1.165, 1.54) is 6.07 Å². The molecule has 1 atom stereocenters. The Morgan fingerprint density at radius 3 is 2.50 bits per heavy atom. The van der Waals surface area contributed by atoms with Crippen LogP contribution >= 0.6 is 0 Å².